The molecule has 454 valence electrons. The minimum absolute atomic E-state index is 0.649. The lowest BCUT2D eigenvalue weighted by molar-refractivity contribution is 0.728. The van der Waals surface area contributed by atoms with Crippen molar-refractivity contribution in [3.63, 3.8) is 0 Å². The molecule has 0 bridgehead atoms. The molecule has 20 rings (SSSR count). The van der Waals surface area contributed by atoms with Crippen LogP contribution in [0.25, 0.3) is 88.0 Å². The van der Waals surface area contributed by atoms with E-state index in [-0.39, 0.29) is 0 Å². The van der Waals surface area contributed by atoms with Gasteiger partial charge in [0.25, 0.3) is 0 Å². The summed E-state index contributed by atoms with van der Waals surface area (Å²) in [6.07, 6.45) is 0. The molecule has 0 N–H and O–H groups in total. The zero-order valence-corrected chi connectivity index (χ0v) is 53.9. The van der Waals surface area contributed by atoms with Crippen LogP contribution in [0.4, 0.5) is 22.7 Å². The summed E-state index contributed by atoms with van der Waals surface area (Å²) in [6, 6.07) is 134. The summed E-state index contributed by atoms with van der Waals surface area (Å²) in [7, 11) is 4.57. The Morgan fingerprint density at radius 2 is 0.546 bits per heavy atom. The highest BCUT2D eigenvalue weighted by Gasteiger charge is 2.54. The third-order valence-electron chi connectivity index (χ3n) is 22.6. The zero-order chi connectivity index (χ0) is 64.1. The molecule has 2 heteroatoms. The highest BCUT2D eigenvalue weighted by molar-refractivity contribution is 6.22. The third kappa shape index (κ3) is 7.29. The lowest BCUT2D eigenvalue weighted by atomic mass is 9.62. The Hall–Kier alpha value is -12.1. The molecule has 2 heterocycles. The van der Waals surface area contributed by atoms with Crippen LogP contribution in [0.15, 0.2) is 352 Å². The van der Waals surface area contributed by atoms with Gasteiger partial charge in [-0.25, -0.2) is 0 Å². The maximum Gasteiger partial charge on any atom is 0.0742 e. The molecule has 97 heavy (non-hydrogen) atoms. The van der Waals surface area contributed by atoms with E-state index in [0.717, 1.165) is 0 Å². The smallest absolute Gasteiger partial charge is 0.0742 e. The van der Waals surface area contributed by atoms with Crippen molar-refractivity contribution < 1.29 is 0 Å². The van der Waals surface area contributed by atoms with Gasteiger partial charge < -0.3 is 9.80 Å². The fraction of sp³-hybridized carbons (Fsp3) is 0.0526. The van der Waals surface area contributed by atoms with Gasteiger partial charge in [-0.15, -0.1) is 0 Å². The Morgan fingerprint density at radius 3 is 1.03 bits per heavy atom. The van der Waals surface area contributed by atoms with E-state index in [0.29, 0.717) is 0 Å². The molecule has 16 aromatic carbocycles. The van der Waals surface area contributed by atoms with E-state index < -0.39 is 16.2 Å². The quantitative estimate of drug-likeness (QED) is 0.147. The van der Waals surface area contributed by atoms with Crippen molar-refractivity contribution in [1.29, 1.82) is 0 Å². The van der Waals surface area contributed by atoms with Gasteiger partial charge in [0.05, 0.1) is 27.6 Å². The Morgan fingerprint density at radius 1 is 0.206 bits per heavy atom. The van der Waals surface area contributed by atoms with Crippen molar-refractivity contribution in [2.75, 3.05) is 23.9 Å². The van der Waals surface area contributed by atoms with Gasteiger partial charge in [-0.1, -0.05) is 334 Å². The average Bonchev–Trinajstić information content (AvgIpc) is 1.66. The Bertz CT molecular complexity index is 5560. The molecular weight excluding hydrogens is 1170 g/mol. The topological polar surface area (TPSA) is 6.48 Å². The maximum absolute atomic E-state index is 2.58. The van der Waals surface area contributed by atoms with Crippen LogP contribution in [0.5, 0.6) is 0 Å². The van der Waals surface area contributed by atoms with Gasteiger partial charge in [-0.2, -0.15) is 0 Å². The molecule has 16 aromatic rings. The predicted molar refractivity (Wildman–Crippen MR) is 404 cm³/mol. The third-order valence-corrected chi connectivity index (χ3v) is 22.6. The van der Waals surface area contributed by atoms with Gasteiger partial charge in [0.15, 0.2) is 0 Å². The zero-order valence-electron chi connectivity index (χ0n) is 53.9. The molecule has 0 atom stereocenters. The average molecular weight is 1230 g/mol. The molecule has 4 aliphatic rings. The van der Waals surface area contributed by atoms with Crippen LogP contribution in [0, 0.1) is 0 Å². The number of anilines is 4. The minimum atomic E-state index is -0.651. The first-order chi connectivity index (χ1) is 48.0. The first-order valence-corrected chi connectivity index (χ1v) is 34.0. The van der Waals surface area contributed by atoms with Crippen molar-refractivity contribution >= 4 is 55.1 Å². The molecule has 0 radical (unpaired) electrons. The molecule has 0 saturated carbocycles. The SMILES string of the molecule is CN1c2ccccc2C(c2ccccc2)(c2ccccc2)c2cccc(-c3cccc4c(-c5cccc6c5C5(c7ccccc7-c7ccccc75)c5ccc7ccccc7c5-6)c5cccc(-c6cccc7c6N(C)c6ccccc6C7(c6ccccc6)c6ccccc6)c5cc34)c21. The van der Waals surface area contributed by atoms with Crippen molar-refractivity contribution in [3.8, 4) is 55.6 Å². The van der Waals surface area contributed by atoms with Gasteiger partial charge in [-0.3, -0.25) is 0 Å². The number of benzene rings is 16. The molecule has 2 nitrogen and oxygen atoms in total. The van der Waals surface area contributed by atoms with E-state index in [1.165, 1.54) is 177 Å². The van der Waals surface area contributed by atoms with Gasteiger partial charge in [0.2, 0.25) is 0 Å². The van der Waals surface area contributed by atoms with Crippen molar-refractivity contribution in [1.82, 2.24) is 0 Å². The van der Waals surface area contributed by atoms with Crippen LogP contribution in [0.2, 0.25) is 0 Å². The standard InChI is InChI=1S/C95H64N2/c1-96-86-56-23-21-52-81(86)93(62-31-7-3-8-32-62,63-33-9-4-10-34-63)84-54-28-46-73(91(84)96)67-42-25-44-71-77(67)60-78-68(74-47-29-55-85-92(74)97(2)87-57-24-22-53-82(87)94(85,64-35-11-5-12-36-64)65-37-13-6-14-38-65)43-26-45-72(78)88(71)75-48-27-49-76-89-66-39-16-15-30-61(66)58-59-83(89)95(90(75)76)79-50-19-17-40-69(79)70-41-18-20-51-80(70)95/h3-60H,1-2H3. The molecule has 2 aliphatic carbocycles. The molecule has 1 spiro atoms. The molecule has 0 aromatic heterocycles. The van der Waals surface area contributed by atoms with Gasteiger partial charge in [0, 0.05) is 36.6 Å². The summed E-state index contributed by atoms with van der Waals surface area (Å²) in [5.74, 6) is 0. The fourth-order valence-corrected chi connectivity index (χ4v) is 19.0. The Labute approximate surface area is 565 Å². The second kappa shape index (κ2) is 20.9. The molecule has 0 fully saturated rings. The molecule has 0 unspecified atom stereocenters. The summed E-state index contributed by atoms with van der Waals surface area (Å²) >= 11 is 0. The number of nitrogens with zero attached hydrogens (tertiary/aromatic N) is 2. The second-order valence-corrected chi connectivity index (χ2v) is 26.9. The first-order valence-electron chi connectivity index (χ1n) is 34.0. The number of fused-ring (bicyclic) bond motifs is 18. The highest BCUT2D eigenvalue weighted by atomic mass is 15.1. The van der Waals surface area contributed by atoms with E-state index in [4.69, 9.17) is 0 Å². The molecule has 0 amide bonds. The van der Waals surface area contributed by atoms with Crippen molar-refractivity contribution in [3.05, 3.63) is 419 Å². The van der Waals surface area contributed by atoms with E-state index in [1.807, 2.05) is 0 Å². The van der Waals surface area contributed by atoms with Gasteiger partial charge >= 0.3 is 0 Å². The number of para-hydroxylation sites is 4. The largest absolute Gasteiger partial charge is 0.344 e. The highest BCUT2D eigenvalue weighted by Crippen LogP contribution is 2.67. The fourth-order valence-electron chi connectivity index (χ4n) is 19.0. The van der Waals surface area contributed by atoms with E-state index >= 15 is 0 Å². The molecule has 0 saturated heterocycles. The van der Waals surface area contributed by atoms with Crippen LogP contribution in [0.3, 0.4) is 0 Å². The van der Waals surface area contributed by atoms with Gasteiger partial charge in [0.1, 0.15) is 0 Å². The monoisotopic (exact) mass is 1230 g/mol. The number of hydrogen-bond donors (Lipinski definition) is 0. The summed E-state index contributed by atoms with van der Waals surface area (Å²) < 4.78 is 0. The maximum atomic E-state index is 2.58. The van der Waals surface area contributed by atoms with Crippen LogP contribution < -0.4 is 9.80 Å². The van der Waals surface area contributed by atoms with E-state index in [1.54, 1.807) is 0 Å². The summed E-state index contributed by atoms with van der Waals surface area (Å²) in [5, 5.41) is 7.29. The normalized spacial score (nSPS) is 14.5. The van der Waals surface area contributed by atoms with Gasteiger partial charge in [-0.05, 0) is 162 Å². The van der Waals surface area contributed by atoms with E-state index in [2.05, 4.69) is 376 Å². The van der Waals surface area contributed by atoms with Crippen LogP contribution in [-0.4, -0.2) is 14.1 Å². The summed E-state index contributed by atoms with van der Waals surface area (Å²) in [4.78, 5) is 4.97. The first kappa shape index (κ1) is 55.4. The number of rotatable bonds is 7. The Balaban J connectivity index is 0.941. The predicted octanol–water partition coefficient (Wildman–Crippen LogP) is 23.4. The van der Waals surface area contributed by atoms with Crippen LogP contribution in [-0.2, 0) is 16.2 Å². The van der Waals surface area contributed by atoms with Crippen LogP contribution >= 0.6 is 0 Å². The lowest BCUT2D eigenvalue weighted by Crippen LogP contribution is -2.38. The molecular formula is C95H64N2. The second-order valence-electron chi connectivity index (χ2n) is 26.9. The number of hydrogen-bond acceptors (Lipinski definition) is 2. The van der Waals surface area contributed by atoms with E-state index in [9.17, 15) is 0 Å². The Kier molecular flexibility index (Phi) is 12.0. The van der Waals surface area contributed by atoms with Crippen molar-refractivity contribution in [2.45, 2.75) is 16.2 Å². The van der Waals surface area contributed by atoms with Crippen LogP contribution in [0.1, 0.15) is 66.8 Å². The summed E-state index contributed by atoms with van der Waals surface area (Å²) in [5.41, 5.74) is 30.3. The van der Waals surface area contributed by atoms with Crippen molar-refractivity contribution in [2.24, 2.45) is 0 Å². The molecule has 2 aliphatic heterocycles. The lowest BCUT2D eigenvalue weighted by Gasteiger charge is -2.46. The summed E-state index contributed by atoms with van der Waals surface area (Å²) in [6.45, 7) is 0. The minimum Gasteiger partial charge on any atom is -0.344 e.